The molecular formula is C13H11NO4S. The number of fused-ring (bicyclic) bond motifs is 2. The maximum Gasteiger partial charge on any atom is 0.336 e. The summed E-state index contributed by atoms with van der Waals surface area (Å²) in [6.07, 6.45) is 0.281. The van der Waals surface area contributed by atoms with E-state index in [0.29, 0.717) is 22.2 Å². The lowest BCUT2D eigenvalue weighted by atomic mass is 10.00. The lowest BCUT2D eigenvalue weighted by molar-refractivity contribution is 0.0698. The lowest BCUT2D eigenvalue weighted by Gasteiger charge is -2.19. The maximum absolute atomic E-state index is 11.7. The molecule has 0 atom stereocenters. The zero-order chi connectivity index (χ0) is 13.6. The van der Waals surface area contributed by atoms with Crippen molar-refractivity contribution >= 4 is 26.7 Å². The summed E-state index contributed by atoms with van der Waals surface area (Å²) in [6, 6.07) is 6.91. The molecule has 0 radical (unpaired) electrons. The van der Waals surface area contributed by atoms with E-state index in [1.165, 1.54) is 0 Å². The Morgan fingerprint density at radius 3 is 2.74 bits per heavy atom. The molecule has 0 unspecified atom stereocenters. The second-order valence-corrected chi connectivity index (χ2v) is 6.76. The van der Waals surface area contributed by atoms with Crippen LogP contribution in [0.4, 0.5) is 0 Å². The fourth-order valence-electron chi connectivity index (χ4n) is 2.45. The van der Waals surface area contributed by atoms with Gasteiger partial charge in [-0.15, -0.1) is 0 Å². The lowest BCUT2D eigenvalue weighted by Crippen LogP contribution is -2.23. The Balaban J connectivity index is 2.41. The van der Waals surface area contributed by atoms with E-state index in [0.717, 1.165) is 0 Å². The van der Waals surface area contributed by atoms with Crippen molar-refractivity contribution < 1.29 is 18.3 Å². The molecule has 0 spiro atoms. The largest absolute Gasteiger partial charge is 0.478 e. The minimum Gasteiger partial charge on any atom is -0.478 e. The molecule has 98 valence electrons. The molecule has 2 aromatic rings. The Morgan fingerprint density at radius 1 is 1.26 bits per heavy atom. The molecule has 0 saturated heterocycles. The van der Waals surface area contributed by atoms with E-state index in [-0.39, 0.29) is 23.5 Å². The number of hydrogen-bond donors (Lipinski definition) is 1. The van der Waals surface area contributed by atoms with Gasteiger partial charge in [-0.25, -0.2) is 13.2 Å². The predicted octanol–water partition coefficient (Wildman–Crippen LogP) is 1.40. The maximum atomic E-state index is 11.7. The molecule has 2 heterocycles. The molecule has 1 N–H and O–H groups in total. The van der Waals surface area contributed by atoms with Gasteiger partial charge >= 0.3 is 5.97 Å². The molecule has 3 rings (SSSR count). The average Bonchev–Trinajstić information content (AvgIpc) is 2.34. The third kappa shape index (κ3) is 1.98. The first-order chi connectivity index (χ1) is 8.98. The number of sulfone groups is 1. The van der Waals surface area contributed by atoms with Gasteiger partial charge in [0.25, 0.3) is 0 Å². The SMILES string of the molecule is O=C(O)c1c2c(nc3ccccc13)CCS(=O)(=O)C2. The van der Waals surface area contributed by atoms with Crippen molar-refractivity contribution in [3.63, 3.8) is 0 Å². The van der Waals surface area contributed by atoms with Crippen LogP contribution in [0.25, 0.3) is 10.9 Å². The van der Waals surface area contributed by atoms with Crippen molar-refractivity contribution in [2.75, 3.05) is 5.75 Å². The third-order valence-corrected chi connectivity index (χ3v) is 4.86. The van der Waals surface area contributed by atoms with E-state index in [4.69, 9.17) is 0 Å². The molecule has 6 heteroatoms. The Morgan fingerprint density at radius 2 is 2.00 bits per heavy atom. The minimum atomic E-state index is -3.22. The van der Waals surface area contributed by atoms with Crippen molar-refractivity contribution in [2.45, 2.75) is 12.2 Å². The van der Waals surface area contributed by atoms with Crippen LogP contribution in [0, 0.1) is 0 Å². The van der Waals surface area contributed by atoms with Crippen LogP contribution in [0.5, 0.6) is 0 Å². The Hall–Kier alpha value is -1.95. The first-order valence-electron chi connectivity index (χ1n) is 5.82. The number of aromatic nitrogens is 1. The summed E-state index contributed by atoms with van der Waals surface area (Å²) >= 11 is 0. The van der Waals surface area contributed by atoms with Crippen molar-refractivity contribution in [1.29, 1.82) is 0 Å². The number of para-hydroxylation sites is 1. The summed E-state index contributed by atoms with van der Waals surface area (Å²) in [5, 5.41) is 9.88. The molecule has 1 aromatic carbocycles. The van der Waals surface area contributed by atoms with E-state index >= 15 is 0 Å². The summed E-state index contributed by atoms with van der Waals surface area (Å²) in [4.78, 5) is 15.9. The summed E-state index contributed by atoms with van der Waals surface area (Å²) in [5.74, 6) is -1.31. The number of carboxylic acid groups (broad SMARTS) is 1. The van der Waals surface area contributed by atoms with Gasteiger partial charge in [-0.2, -0.15) is 0 Å². The zero-order valence-electron chi connectivity index (χ0n) is 9.96. The number of rotatable bonds is 1. The van der Waals surface area contributed by atoms with Gasteiger partial charge < -0.3 is 5.11 Å². The Labute approximate surface area is 109 Å². The fourth-order valence-corrected chi connectivity index (χ4v) is 3.85. The van der Waals surface area contributed by atoms with Crippen LogP contribution in [0.2, 0.25) is 0 Å². The van der Waals surface area contributed by atoms with Crippen LogP contribution in [0.15, 0.2) is 24.3 Å². The molecule has 1 aromatic heterocycles. The number of aryl methyl sites for hydroxylation is 1. The van der Waals surface area contributed by atoms with Crippen LogP contribution >= 0.6 is 0 Å². The van der Waals surface area contributed by atoms with E-state index in [9.17, 15) is 18.3 Å². The number of carbonyl (C=O) groups is 1. The second kappa shape index (κ2) is 4.03. The Bertz CT molecular complexity index is 796. The van der Waals surface area contributed by atoms with E-state index in [1.54, 1.807) is 24.3 Å². The van der Waals surface area contributed by atoms with Gasteiger partial charge in [-0.05, 0) is 6.07 Å². The van der Waals surface area contributed by atoms with Crippen LogP contribution in [0.1, 0.15) is 21.6 Å². The van der Waals surface area contributed by atoms with E-state index < -0.39 is 15.8 Å². The standard InChI is InChI=1S/C13H11NO4S/c15-13(16)12-8-3-1-2-4-10(8)14-11-5-6-19(17,18)7-9(11)12/h1-4H,5-7H2,(H,15,16). The van der Waals surface area contributed by atoms with Crippen LogP contribution in [0.3, 0.4) is 0 Å². The van der Waals surface area contributed by atoms with Crippen LogP contribution in [-0.4, -0.2) is 30.2 Å². The van der Waals surface area contributed by atoms with Crippen molar-refractivity contribution in [3.8, 4) is 0 Å². The summed E-state index contributed by atoms with van der Waals surface area (Å²) in [7, 11) is -3.22. The molecule has 0 aliphatic carbocycles. The molecule has 1 aliphatic rings. The van der Waals surface area contributed by atoms with Gasteiger partial charge in [-0.3, -0.25) is 4.98 Å². The third-order valence-electron chi connectivity index (χ3n) is 3.31. The molecule has 1 aliphatic heterocycles. The van der Waals surface area contributed by atoms with Gasteiger partial charge in [0.15, 0.2) is 9.84 Å². The van der Waals surface area contributed by atoms with E-state index in [2.05, 4.69) is 4.98 Å². The van der Waals surface area contributed by atoms with Crippen LogP contribution in [-0.2, 0) is 22.0 Å². The summed E-state index contributed by atoms with van der Waals surface area (Å²) < 4.78 is 23.4. The highest BCUT2D eigenvalue weighted by molar-refractivity contribution is 7.90. The predicted molar refractivity (Wildman–Crippen MR) is 69.9 cm³/mol. The Kier molecular flexibility index (Phi) is 2.56. The van der Waals surface area contributed by atoms with E-state index in [1.807, 2.05) is 0 Å². The van der Waals surface area contributed by atoms with Crippen molar-refractivity contribution in [1.82, 2.24) is 4.98 Å². The van der Waals surface area contributed by atoms with Crippen LogP contribution < -0.4 is 0 Å². The van der Waals surface area contributed by atoms with Gasteiger partial charge in [-0.1, -0.05) is 18.2 Å². The highest BCUT2D eigenvalue weighted by Crippen LogP contribution is 2.28. The molecule has 19 heavy (non-hydrogen) atoms. The molecule has 0 saturated carbocycles. The number of hydrogen-bond acceptors (Lipinski definition) is 4. The quantitative estimate of drug-likeness (QED) is 0.851. The smallest absolute Gasteiger partial charge is 0.336 e. The highest BCUT2D eigenvalue weighted by atomic mass is 32.2. The second-order valence-electron chi connectivity index (χ2n) is 4.58. The van der Waals surface area contributed by atoms with Gasteiger partial charge in [0.1, 0.15) is 0 Å². The van der Waals surface area contributed by atoms with Gasteiger partial charge in [0, 0.05) is 23.1 Å². The van der Waals surface area contributed by atoms with Crippen molar-refractivity contribution in [2.24, 2.45) is 0 Å². The summed E-state index contributed by atoms with van der Waals surface area (Å²) in [5.41, 5.74) is 1.60. The number of aromatic carboxylic acids is 1. The minimum absolute atomic E-state index is 0.0321. The van der Waals surface area contributed by atoms with Gasteiger partial charge in [0.05, 0.1) is 22.6 Å². The van der Waals surface area contributed by atoms with Crippen molar-refractivity contribution in [3.05, 3.63) is 41.1 Å². The first-order valence-corrected chi connectivity index (χ1v) is 7.64. The molecular weight excluding hydrogens is 266 g/mol. The fraction of sp³-hybridized carbons (Fsp3) is 0.231. The number of carboxylic acids is 1. The van der Waals surface area contributed by atoms with Gasteiger partial charge in [0.2, 0.25) is 0 Å². The topological polar surface area (TPSA) is 84.3 Å². The summed E-state index contributed by atoms with van der Waals surface area (Å²) in [6.45, 7) is 0. The molecule has 0 amide bonds. The highest BCUT2D eigenvalue weighted by Gasteiger charge is 2.28. The number of nitrogens with zero attached hydrogens (tertiary/aromatic N) is 1. The molecule has 5 nitrogen and oxygen atoms in total. The number of pyridine rings is 1. The molecule has 0 bridgehead atoms. The zero-order valence-corrected chi connectivity index (χ0v) is 10.8. The normalized spacial score (nSPS) is 17.1. The molecule has 0 fully saturated rings. The monoisotopic (exact) mass is 277 g/mol. The first kappa shape index (κ1) is 12.1. The number of benzene rings is 1. The average molecular weight is 277 g/mol.